The van der Waals surface area contributed by atoms with E-state index >= 15 is 0 Å². The largest absolute Gasteiger partial charge is 0.355 e. The van der Waals surface area contributed by atoms with Gasteiger partial charge in [0, 0.05) is 13.1 Å². The van der Waals surface area contributed by atoms with Gasteiger partial charge in [-0.15, -0.1) is 0 Å². The molecule has 0 aliphatic rings. The van der Waals surface area contributed by atoms with E-state index in [2.05, 4.69) is 10.0 Å². The number of carbonyl (C=O) groups is 1. The lowest BCUT2D eigenvalue weighted by Gasteiger charge is -2.11. The topological polar surface area (TPSA) is 101 Å². The highest BCUT2D eigenvalue weighted by atomic mass is 32.2. The Hall–Kier alpha value is -1.44. The van der Waals surface area contributed by atoms with Crippen LogP contribution in [0.4, 0.5) is 0 Å². The van der Waals surface area contributed by atoms with Gasteiger partial charge in [0.05, 0.1) is 11.4 Å². The fraction of sp³-hybridized carbons (Fsp3) is 0.462. The maximum atomic E-state index is 12.1. The van der Waals surface area contributed by atoms with Gasteiger partial charge in [-0.05, 0) is 17.5 Å². The molecule has 112 valence electrons. The summed E-state index contributed by atoms with van der Waals surface area (Å²) in [7, 11) is -3.73. The molecule has 0 aromatic heterocycles. The van der Waals surface area contributed by atoms with Gasteiger partial charge in [0.15, 0.2) is 0 Å². The van der Waals surface area contributed by atoms with E-state index in [9.17, 15) is 13.2 Å². The fourth-order valence-corrected chi connectivity index (χ4v) is 2.78. The smallest absolute Gasteiger partial charge is 0.241 e. The Balaban J connectivity index is 2.69. The van der Waals surface area contributed by atoms with Crippen molar-refractivity contribution in [3.63, 3.8) is 0 Å². The quantitative estimate of drug-likeness (QED) is 0.669. The standard InChI is InChI=1S/C13H21N3O3S/c1-10(2)8-15-13(17)9-16-20(18,19)12-6-4-3-5-11(12)7-14/h3-6,10,16H,7-9,14H2,1-2H3,(H,15,17). The lowest BCUT2D eigenvalue weighted by molar-refractivity contribution is -0.120. The number of rotatable bonds is 7. The van der Waals surface area contributed by atoms with E-state index in [0.29, 0.717) is 18.0 Å². The normalized spacial score (nSPS) is 11.6. The van der Waals surface area contributed by atoms with Crippen LogP contribution < -0.4 is 15.8 Å². The van der Waals surface area contributed by atoms with E-state index < -0.39 is 10.0 Å². The van der Waals surface area contributed by atoms with Crippen molar-refractivity contribution < 1.29 is 13.2 Å². The summed E-state index contributed by atoms with van der Waals surface area (Å²) in [6.45, 7) is 4.27. The lowest BCUT2D eigenvalue weighted by Crippen LogP contribution is -2.38. The van der Waals surface area contributed by atoms with Crippen LogP contribution in [0.15, 0.2) is 29.2 Å². The molecule has 0 aliphatic carbocycles. The van der Waals surface area contributed by atoms with Gasteiger partial charge in [0.2, 0.25) is 15.9 Å². The van der Waals surface area contributed by atoms with Crippen molar-refractivity contribution in [3.05, 3.63) is 29.8 Å². The van der Waals surface area contributed by atoms with Crippen molar-refractivity contribution in [1.82, 2.24) is 10.0 Å². The van der Waals surface area contributed by atoms with Crippen molar-refractivity contribution in [2.75, 3.05) is 13.1 Å². The monoisotopic (exact) mass is 299 g/mol. The number of carbonyl (C=O) groups excluding carboxylic acids is 1. The summed E-state index contributed by atoms with van der Waals surface area (Å²) in [5, 5.41) is 2.64. The van der Waals surface area contributed by atoms with Crippen LogP contribution in [-0.4, -0.2) is 27.4 Å². The highest BCUT2D eigenvalue weighted by Crippen LogP contribution is 2.14. The number of hydrogen-bond donors (Lipinski definition) is 3. The van der Waals surface area contributed by atoms with Crippen molar-refractivity contribution in [3.8, 4) is 0 Å². The molecule has 1 rings (SSSR count). The molecule has 0 saturated carbocycles. The minimum Gasteiger partial charge on any atom is -0.355 e. The average molecular weight is 299 g/mol. The van der Waals surface area contributed by atoms with Crippen molar-refractivity contribution in [1.29, 1.82) is 0 Å². The van der Waals surface area contributed by atoms with Gasteiger partial charge >= 0.3 is 0 Å². The third kappa shape index (κ3) is 4.92. The highest BCUT2D eigenvalue weighted by molar-refractivity contribution is 7.89. The molecule has 1 aromatic rings. The minimum absolute atomic E-state index is 0.110. The van der Waals surface area contributed by atoms with Crippen LogP contribution in [0.1, 0.15) is 19.4 Å². The second-order valence-electron chi connectivity index (χ2n) is 4.83. The van der Waals surface area contributed by atoms with Crippen LogP contribution in [0, 0.1) is 5.92 Å². The number of benzene rings is 1. The molecule has 20 heavy (non-hydrogen) atoms. The first-order valence-electron chi connectivity index (χ1n) is 6.41. The summed E-state index contributed by atoms with van der Waals surface area (Å²) in [4.78, 5) is 11.6. The van der Waals surface area contributed by atoms with Gasteiger partial charge in [-0.1, -0.05) is 32.0 Å². The maximum Gasteiger partial charge on any atom is 0.241 e. The molecule has 1 aromatic carbocycles. The molecule has 0 fully saturated rings. The molecule has 1 amide bonds. The van der Waals surface area contributed by atoms with E-state index in [1.807, 2.05) is 13.8 Å². The molecule has 4 N–H and O–H groups in total. The van der Waals surface area contributed by atoms with Crippen molar-refractivity contribution in [2.24, 2.45) is 11.7 Å². The van der Waals surface area contributed by atoms with Crippen LogP contribution in [0.25, 0.3) is 0 Å². The first-order chi connectivity index (χ1) is 9.36. The minimum atomic E-state index is -3.73. The predicted octanol–water partition coefficient (Wildman–Crippen LogP) is 0.196. The summed E-state index contributed by atoms with van der Waals surface area (Å²) in [5.41, 5.74) is 6.03. The zero-order valence-electron chi connectivity index (χ0n) is 11.7. The Bertz CT molecular complexity index is 556. The molecule has 0 spiro atoms. The Morgan fingerprint density at radius 1 is 1.30 bits per heavy atom. The second kappa shape index (κ2) is 7.37. The first-order valence-corrected chi connectivity index (χ1v) is 7.89. The predicted molar refractivity (Wildman–Crippen MR) is 77.4 cm³/mol. The number of amides is 1. The Morgan fingerprint density at radius 3 is 2.55 bits per heavy atom. The molecule has 0 saturated heterocycles. The van der Waals surface area contributed by atoms with Gasteiger partial charge in [-0.2, -0.15) is 0 Å². The molecular formula is C13H21N3O3S. The van der Waals surface area contributed by atoms with Crippen LogP contribution in [-0.2, 0) is 21.4 Å². The summed E-state index contributed by atoms with van der Waals surface area (Å²) >= 11 is 0. The van der Waals surface area contributed by atoms with Crippen molar-refractivity contribution >= 4 is 15.9 Å². The Kier molecular flexibility index (Phi) is 6.12. The summed E-state index contributed by atoms with van der Waals surface area (Å²) in [6.07, 6.45) is 0. The van der Waals surface area contributed by atoms with Gasteiger partial charge < -0.3 is 11.1 Å². The SMILES string of the molecule is CC(C)CNC(=O)CNS(=O)(=O)c1ccccc1CN. The molecule has 0 atom stereocenters. The molecule has 6 nitrogen and oxygen atoms in total. The zero-order valence-corrected chi connectivity index (χ0v) is 12.5. The average Bonchev–Trinajstić information content (AvgIpc) is 2.43. The number of hydrogen-bond acceptors (Lipinski definition) is 4. The first kappa shape index (κ1) is 16.6. The molecule has 0 aliphatic heterocycles. The summed E-state index contributed by atoms with van der Waals surface area (Å²) in [6, 6.07) is 6.45. The molecule has 7 heteroatoms. The van der Waals surface area contributed by atoms with Gasteiger partial charge in [-0.3, -0.25) is 4.79 Å². The van der Waals surface area contributed by atoms with Gasteiger partial charge in [0.1, 0.15) is 0 Å². The maximum absolute atomic E-state index is 12.1. The van der Waals surface area contributed by atoms with E-state index in [0.717, 1.165) is 0 Å². The van der Waals surface area contributed by atoms with Crippen LogP contribution in [0.5, 0.6) is 0 Å². The van der Waals surface area contributed by atoms with Gasteiger partial charge in [-0.25, -0.2) is 13.1 Å². The third-order valence-corrected chi connectivity index (χ3v) is 4.11. The van der Waals surface area contributed by atoms with Crippen LogP contribution in [0.2, 0.25) is 0 Å². The Morgan fingerprint density at radius 2 is 1.95 bits per heavy atom. The molecule has 0 heterocycles. The third-order valence-electron chi connectivity index (χ3n) is 2.61. The van der Waals surface area contributed by atoms with Crippen LogP contribution >= 0.6 is 0 Å². The molecular weight excluding hydrogens is 278 g/mol. The molecule has 0 bridgehead atoms. The fourth-order valence-electron chi connectivity index (χ4n) is 1.55. The van der Waals surface area contributed by atoms with E-state index in [1.54, 1.807) is 18.2 Å². The zero-order chi connectivity index (χ0) is 15.2. The summed E-state index contributed by atoms with van der Waals surface area (Å²) in [5.74, 6) is -0.0407. The highest BCUT2D eigenvalue weighted by Gasteiger charge is 2.18. The van der Waals surface area contributed by atoms with E-state index in [4.69, 9.17) is 5.73 Å². The van der Waals surface area contributed by atoms with Crippen LogP contribution in [0.3, 0.4) is 0 Å². The Labute approximate surface area is 119 Å². The molecule has 0 radical (unpaired) electrons. The lowest BCUT2D eigenvalue weighted by atomic mass is 10.2. The number of nitrogens with two attached hydrogens (primary N) is 1. The van der Waals surface area contributed by atoms with E-state index in [-0.39, 0.29) is 23.9 Å². The summed E-state index contributed by atoms with van der Waals surface area (Å²) < 4.78 is 26.5. The van der Waals surface area contributed by atoms with Crippen molar-refractivity contribution in [2.45, 2.75) is 25.3 Å². The van der Waals surface area contributed by atoms with Gasteiger partial charge in [0.25, 0.3) is 0 Å². The number of sulfonamides is 1. The molecule has 0 unspecified atom stereocenters. The number of nitrogens with one attached hydrogen (secondary N) is 2. The van der Waals surface area contributed by atoms with E-state index in [1.165, 1.54) is 6.07 Å². The second-order valence-corrected chi connectivity index (χ2v) is 6.57.